The summed E-state index contributed by atoms with van der Waals surface area (Å²) in [6.07, 6.45) is 15.7. The van der Waals surface area contributed by atoms with Crippen LogP contribution in [0.5, 0.6) is 0 Å². The average molecular weight is 637 g/mol. The van der Waals surface area contributed by atoms with Gasteiger partial charge in [-0.05, 0) is 177 Å². The minimum absolute atomic E-state index is 0.0129. The molecule has 42 heavy (non-hydrogen) atoms. The second kappa shape index (κ2) is 12.3. The van der Waals surface area contributed by atoms with E-state index in [1.807, 2.05) is 0 Å². The average Bonchev–Trinajstić information content (AvgIpc) is 3.13. The molecule has 0 spiro atoms. The van der Waals surface area contributed by atoms with E-state index >= 15 is 0 Å². The fraction of sp³-hybridized carbons (Fsp3) is 1.00. The Kier molecular flexibility index (Phi) is 10.3. The van der Waals surface area contributed by atoms with E-state index < -0.39 is 25.0 Å². The van der Waals surface area contributed by atoms with Crippen LogP contribution >= 0.6 is 0 Å². The molecule has 0 aliphatic heterocycles. The van der Waals surface area contributed by atoms with Gasteiger partial charge in [-0.3, -0.25) is 0 Å². The maximum absolute atomic E-state index is 7.27. The standard InChI is InChI=1S/C36H72O3Si3/c1-26(16-15-21-34(2,3)39-42(12,13)14)29-17-18-30-33-31(20-23-36(29,30)5)35(4)22-19-28(37-40(6,7)8)24-27(35)25-32(33)38-41(9,10)11/h26-33H,15-25H2,1-14H3/t26?,27-,28-,29-,30+,31+,32-,33+,35+,36-/m1/s1. The second-order valence-corrected chi connectivity index (χ2v) is 33.0. The minimum Gasteiger partial charge on any atom is -0.415 e. The van der Waals surface area contributed by atoms with Crippen molar-refractivity contribution in [3.8, 4) is 0 Å². The molecule has 0 aromatic rings. The van der Waals surface area contributed by atoms with Gasteiger partial charge in [-0.25, -0.2) is 0 Å². The maximum Gasteiger partial charge on any atom is 0.184 e. The van der Waals surface area contributed by atoms with Crippen LogP contribution in [0.3, 0.4) is 0 Å². The van der Waals surface area contributed by atoms with Crippen LogP contribution < -0.4 is 0 Å². The Morgan fingerprint density at radius 1 is 0.738 bits per heavy atom. The van der Waals surface area contributed by atoms with Crippen molar-refractivity contribution in [1.29, 1.82) is 0 Å². The summed E-state index contributed by atoms with van der Waals surface area (Å²) < 4.78 is 20.6. The lowest BCUT2D eigenvalue weighted by Gasteiger charge is -2.64. The Labute approximate surface area is 265 Å². The highest BCUT2D eigenvalue weighted by atomic mass is 28.4. The Bertz CT molecular complexity index is 917. The second-order valence-electron chi connectivity index (χ2n) is 19.7. The highest BCUT2D eigenvalue weighted by Gasteiger charge is 2.63. The Hall–Kier alpha value is 0.531. The lowest BCUT2D eigenvalue weighted by atomic mass is 9.43. The molecule has 0 amide bonds. The van der Waals surface area contributed by atoms with Crippen molar-refractivity contribution in [1.82, 2.24) is 0 Å². The van der Waals surface area contributed by atoms with E-state index in [4.69, 9.17) is 13.3 Å². The summed E-state index contributed by atoms with van der Waals surface area (Å²) in [5.41, 5.74) is 0.961. The van der Waals surface area contributed by atoms with Gasteiger partial charge in [0.25, 0.3) is 0 Å². The summed E-state index contributed by atoms with van der Waals surface area (Å²) in [7, 11) is -4.69. The molecule has 0 aromatic carbocycles. The van der Waals surface area contributed by atoms with Gasteiger partial charge in [0.2, 0.25) is 0 Å². The molecule has 10 atom stereocenters. The van der Waals surface area contributed by atoms with E-state index in [1.165, 1.54) is 70.6 Å². The van der Waals surface area contributed by atoms with Gasteiger partial charge >= 0.3 is 0 Å². The van der Waals surface area contributed by atoms with Crippen molar-refractivity contribution in [3.05, 3.63) is 0 Å². The fourth-order valence-electron chi connectivity index (χ4n) is 11.2. The van der Waals surface area contributed by atoms with Gasteiger partial charge in [-0.1, -0.05) is 33.6 Å². The van der Waals surface area contributed by atoms with Crippen molar-refractivity contribution in [2.75, 3.05) is 0 Å². The molecule has 0 N–H and O–H groups in total. The largest absolute Gasteiger partial charge is 0.415 e. The first kappa shape index (κ1) is 35.4. The molecular formula is C36H72O3Si3. The molecule has 0 saturated heterocycles. The third kappa shape index (κ3) is 8.08. The highest BCUT2D eigenvalue weighted by molar-refractivity contribution is 6.70. The Balaban J connectivity index is 1.50. The normalized spacial score (nSPS) is 40.3. The molecule has 246 valence electrons. The van der Waals surface area contributed by atoms with Gasteiger partial charge in [-0.15, -0.1) is 0 Å². The quantitative estimate of drug-likeness (QED) is 0.211. The number of hydrogen-bond donors (Lipinski definition) is 0. The predicted molar refractivity (Wildman–Crippen MR) is 189 cm³/mol. The molecule has 6 heteroatoms. The van der Waals surface area contributed by atoms with E-state index in [0.29, 0.717) is 23.0 Å². The number of rotatable bonds is 11. The molecule has 1 unspecified atom stereocenters. The number of hydrogen-bond acceptors (Lipinski definition) is 3. The number of fused-ring (bicyclic) bond motifs is 5. The third-order valence-electron chi connectivity index (χ3n) is 12.4. The van der Waals surface area contributed by atoms with Gasteiger partial charge in [-0.2, -0.15) is 0 Å². The van der Waals surface area contributed by atoms with Crippen LogP contribution in [0, 0.1) is 46.3 Å². The maximum atomic E-state index is 7.27. The topological polar surface area (TPSA) is 27.7 Å². The van der Waals surface area contributed by atoms with Crippen LogP contribution in [0.25, 0.3) is 0 Å². The van der Waals surface area contributed by atoms with Gasteiger partial charge in [0.05, 0.1) is 5.60 Å². The van der Waals surface area contributed by atoms with Gasteiger partial charge < -0.3 is 13.3 Å². The van der Waals surface area contributed by atoms with E-state index in [1.54, 1.807) is 0 Å². The zero-order valence-electron chi connectivity index (χ0n) is 30.6. The monoisotopic (exact) mass is 636 g/mol. The van der Waals surface area contributed by atoms with Crippen LogP contribution in [0.2, 0.25) is 58.9 Å². The van der Waals surface area contributed by atoms with Crippen molar-refractivity contribution in [2.45, 2.75) is 182 Å². The molecule has 3 nitrogen and oxygen atoms in total. The van der Waals surface area contributed by atoms with Crippen molar-refractivity contribution >= 4 is 25.0 Å². The Morgan fingerprint density at radius 3 is 1.93 bits per heavy atom. The molecule has 0 bridgehead atoms. The van der Waals surface area contributed by atoms with Crippen LogP contribution in [-0.2, 0) is 13.3 Å². The van der Waals surface area contributed by atoms with E-state index in [0.717, 1.165) is 35.5 Å². The van der Waals surface area contributed by atoms with Crippen LogP contribution in [-0.4, -0.2) is 42.8 Å². The lowest BCUT2D eigenvalue weighted by molar-refractivity contribution is -0.168. The summed E-state index contributed by atoms with van der Waals surface area (Å²) in [4.78, 5) is 0. The summed E-state index contributed by atoms with van der Waals surface area (Å²) in [6.45, 7) is 34.1. The summed E-state index contributed by atoms with van der Waals surface area (Å²) in [5, 5.41) is 0. The molecule has 4 aliphatic rings. The lowest BCUT2D eigenvalue weighted by Crippen LogP contribution is -2.60. The first-order valence-electron chi connectivity index (χ1n) is 18.1. The first-order chi connectivity index (χ1) is 19.0. The van der Waals surface area contributed by atoms with Crippen LogP contribution in [0.15, 0.2) is 0 Å². The van der Waals surface area contributed by atoms with Gasteiger partial charge in [0.15, 0.2) is 25.0 Å². The molecule has 4 saturated carbocycles. The molecule has 0 heterocycles. The summed E-state index contributed by atoms with van der Waals surface area (Å²) in [5.74, 6) is 4.85. The molecule has 4 fully saturated rings. The summed E-state index contributed by atoms with van der Waals surface area (Å²) in [6, 6.07) is 0. The molecule has 0 aromatic heterocycles. The summed E-state index contributed by atoms with van der Waals surface area (Å²) >= 11 is 0. The molecule has 4 rings (SSSR count). The molecular weight excluding hydrogens is 565 g/mol. The van der Waals surface area contributed by atoms with Crippen molar-refractivity contribution < 1.29 is 13.3 Å². The highest BCUT2D eigenvalue weighted by Crippen LogP contribution is 2.69. The Morgan fingerprint density at radius 2 is 1.33 bits per heavy atom. The van der Waals surface area contributed by atoms with Gasteiger partial charge in [0.1, 0.15) is 0 Å². The minimum atomic E-state index is -1.65. The first-order valence-corrected chi connectivity index (χ1v) is 28.3. The van der Waals surface area contributed by atoms with E-state index in [-0.39, 0.29) is 5.60 Å². The predicted octanol–water partition coefficient (Wildman–Crippen LogP) is 11.1. The fourth-order valence-corrected chi connectivity index (χ4v) is 15.4. The zero-order chi connectivity index (χ0) is 31.5. The molecule has 4 aliphatic carbocycles. The third-order valence-corrected chi connectivity index (χ3v) is 15.6. The zero-order valence-corrected chi connectivity index (χ0v) is 33.6. The van der Waals surface area contributed by atoms with Crippen molar-refractivity contribution in [2.24, 2.45) is 46.3 Å². The van der Waals surface area contributed by atoms with E-state index in [2.05, 4.69) is 93.5 Å². The SMILES string of the molecule is CC(CCCC(C)(C)O[Si](C)(C)C)[C@H]1CC[C@H]2[C@@H]3[C@H](O[Si](C)(C)C)C[C@H]4C[C@H](O[Si](C)(C)C)CC[C@]4(C)[C@H]3CC[C@]12C. The van der Waals surface area contributed by atoms with Crippen LogP contribution in [0.1, 0.15) is 105 Å². The van der Waals surface area contributed by atoms with E-state index in [9.17, 15) is 0 Å². The smallest absolute Gasteiger partial charge is 0.184 e. The van der Waals surface area contributed by atoms with Gasteiger partial charge in [0, 0.05) is 12.2 Å². The van der Waals surface area contributed by atoms with Crippen LogP contribution in [0.4, 0.5) is 0 Å². The molecule has 0 radical (unpaired) electrons. The van der Waals surface area contributed by atoms with Crippen molar-refractivity contribution in [3.63, 3.8) is 0 Å².